The van der Waals surface area contributed by atoms with E-state index in [0.717, 1.165) is 23.8 Å². The van der Waals surface area contributed by atoms with Gasteiger partial charge in [0, 0.05) is 13.1 Å². The van der Waals surface area contributed by atoms with Gasteiger partial charge in [-0.05, 0) is 49.8 Å². The highest BCUT2D eigenvalue weighted by Crippen LogP contribution is 2.26. The van der Waals surface area contributed by atoms with Gasteiger partial charge in [-0.1, -0.05) is 6.07 Å². The fourth-order valence-electron chi connectivity index (χ4n) is 3.07. The number of hydrogen-bond donors (Lipinski definition) is 1. The largest absolute Gasteiger partial charge is 0.440 e. The number of anilines is 2. The monoisotopic (exact) mass is 368 g/mol. The van der Waals surface area contributed by atoms with Crippen LogP contribution in [0.4, 0.5) is 11.5 Å². The third kappa shape index (κ3) is 3.48. The molecule has 0 spiro atoms. The third-order valence-electron chi connectivity index (χ3n) is 4.43. The first-order valence-corrected chi connectivity index (χ1v) is 9.62. The van der Waals surface area contributed by atoms with Gasteiger partial charge in [0.25, 0.3) is 5.91 Å². The zero-order chi connectivity index (χ0) is 17.9. The number of nitrogens with one attached hydrogen (secondary N) is 1. The predicted molar refractivity (Wildman–Crippen MR) is 103 cm³/mol. The molecule has 3 aromatic rings. The van der Waals surface area contributed by atoms with E-state index in [-0.39, 0.29) is 5.91 Å². The minimum Gasteiger partial charge on any atom is -0.440 e. The number of aromatic nitrogens is 2. The maximum atomic E-state index is 12.5. The summed E-state index contributed by atoms with van der Waals surface area (Å²) in [7, 11) is 0. The number of oxazole rings is 1. The van der Waals surface area contributed by atoms with E-state index in [0.29, 0.717) is 23.0 Å². The lowest BCUT2D eigenvalue weighted by Crippen LogP contribution is -2.30. The van der Waals surface area contributed by atoms with Crippen molar-refractivity contribution >= 4 is 28.7 Å². The summed E-state index contributed by atoms with van der Waals surface area (Å²) in [6.45, 7) is 3.83. The second-order valence-corrected chi connectivity index (χ2v) is 7.26. The maximum Gasteiger partial charge on any atom is 0.277 e. The third-order valence-corrected chi connectivity index (χ3v) is 5.29. The number of carbonyl (C=O) groups excluding carboxylic acids is 1. The molecule has 0 saturated carbocycles. The molecule has 1 fully saturated rings. The van der Waals surface area contributed by atoms with E-state index < -0.39 is 0 Å². The highest BCUT2D eigenvalue weighted by atomic mass is 32.1. The highest BCUT2D eigenvalue weighted by Gasteiger charge is 2.19. The number of nitrogens with zero attached hydrogens (tertiary/aromatic N) is 3. The van der Waals surface area contributed by atoms with E-state index >= 15 is 0 Å². The Morgan fingerprint density at radius 1 is 1.23 bits per heavy atom. The quantitative estimate of drug-likeness (QED) is 0.741. The van der Waals surface area contributed by atoms with Gasteiger partial charge in [0.15, 0.2) is 5.69 Å². The van der Waals surface area contributed by atoms with Crippen LogP contribution >= 0.6 is 11.3 Å². The maximum absolute atomic E-state index is 12.5. The number of carbonyl (C=O) groups is 1. The molecule has 0 aromatic carbocycles. The molecule has 0 bridgehead atoms. The molecule has 6 nitrogen and oxygen atoms in total. The minimum absolute atomic E-state index is 0.290. The van der Waals surface area contributed by atoms with Gasteiger partial charge in [-0.2, -0.15) is 0 Å². The smallest absolute Gasteiger partial charge is 0.277 e. The van der Waals surface area contributed by atoms with Crippen LogP contribution in [-0.2, 0) is 0 Å². The summed E-state index contributed by atoms with van der Waals surface area (Å²) >= 11 is 1.53. The molecule has 1 aliphatic heterocycles. The summed E-state index contributed by atoms with van der Waals surface area (Å²) < 4.78 is 5.63. The second-order valence-electron chi connectivity index (χ2n) is 6.31. The molecule has 3 aromatic heterocycles. The summed E-state index contributed by atoms with van der Waals surface area (Å²) in [6, 6.07) is 7.67. The van der Waals surface area contributed by atoms with Crippen molar-refractivity contribution in [2.24, 2.45) is 0 Å². The first-order valence-electron chi connectivity index (χ1n) is 8.74. The van der Waals surface area contributed by atoms with E-state index in [9.17, 15) is 4.79 Å². The van der Waals surface area contributed by atoms with Crippen LogP contribution in [0.2, 0.25) is 0 Å². The molecule has 26 heavy (non-hydrogen) atoms. The van der Waals surface area contributed by atoms with Gasteiger partial charge in [0.2, 0.25) is 5.89 Å². The van der Waals surface area contributed by atoms with Crippen molar-refractivity contribution in [3.63, 3.8) is 0 Å². The molecule has 4 rings (SSSR count). The first kappa shape index (κ1) is 16.8. The molecule has 1 N–H and O–H groups in total. The number of rotatable bonds is 4. The number of thiophene rings is 1. The van der Waals surface area contributed by atoms with Crippen molar-refractivity contribution in [2.45, 2.75) is 26.2 Å². The molecular formula is C19H20N4O2S. The lowest BCUT2D eigenvalue weighted by molar-refractivity contribution is 0.102. The Morgan fingerprint density at radius 2 is 2.08 bits per heavy atom. The van der Waals surface area contributed by atoms with Crippen LogP contribution in [0.5, 0.6) is 0 Å². The zero-order valence-electron chi connectivity index (χ0n) is 14.6. The summed E-state index contributed by atoms with van der Waals surface area (Å²) in [5.41, 5.74) is 0.948. The van der Waals surface area contributed by atoms with Gasteiger partial charge in [-0.25, -0.2) is 9.97 Å². The molecule has 4 heterocycles. The number of amides is 1. The zero-order valence-corrected chi connectivity index (χ0v) is 15.4. The van der Waals surface area contributed by atoms with Crippen LogP contribution < -0.4 is 10.2 Å². The first-order chi connectivity index (χ1) is 12.7. The minimum atomic E-state index is -0.290. The van der Waals surface area contributed by atoms with Crippen molar-refractivity contribution in [3.8, 4) is 10.8 Å². The van der Waals surface area contributed by atoms with E-state index in [1.165, 1.54) is 30.6 Å². The predicted octanol–water partition coefficient (Wildman–Crippen LogP) is 4.35. The van der Waals surface area contributed by atoms with Crippen molar-refractivity contribution in [3.05, 3.63) is 47.3 Å². The standard InChI is InChI=1S/C19H20N4O2S/c1-13-17(22-19(25-13)15-6-5-11-26-15)18(24)21-14-7-8-16(20-12-14)23-9-3-2-4-10-23/h5-8,11-12H,2-4,9-10H2,1H3,(H,21,24). The summed E-state index contributed by atoms with van der Waals surface area (Å²) in [5, 5.41) is 4.80. The SMILES string of the molecule is Cc1oc(-c2cccs2)nc1C(=O)Nc1ccc(N2CCCCC2)nc1. The van der Waals surface area contributed by atoms with Gasteiger partial charge in [-0.15, -0.1) is 11.3 Å². The van der Waals surface area contributed by atoms with E-state index in [1.54, 1.807) is 13.1 Å². The lowest BCUT2D eigenvalue weighted by atomic mass is 10.1. The number of aryl methyl sites for hydroxylation is 1. The fraction of sp³-hybridized carbons (Fsp3) is 0.316. The molecular weight excluding hydrogens is 348 g/mol. The fourth-order valence-corrected chi connectivity index (χ4v) is 3.72. The average Bonchev–Trinajstić information content (AvgIpc) is 3.32. The van der Waals surface area contributed by atoms with Crippen molar-refractivity contribution in [1.82, 2.24) is 9.97 Å². The van der Waals surface area contributed by atoms with Gasteiger partial charge in [0.05, 0.1) is 16.8 Å². The van der Waals surface area contributed by atoms with E-state index in [2.05, 4.69) is 20.2 Å². The Morgan fingerprint density at radius 3 is 2.77 bits per heavy atom. The van der Waals surface area contributed by atoms with Gasteiger partial charge in [0.1, 0.15) is 11.6 Å². The van der Waals surface area contributed by atoms with Gasteiger partial charge < -0.3 is 14.6 Å². The molecule has 1 aliphatic rings. The normalized spacial score (nSPS) is 14.4. The number of pyridine rings is 1. The topological polar surface area (TPSA) is 71.3 Å². The molecule has 0 radical (unpaired) electrons. The summed E-state index contributed by atoms with van der Waals surface area (Å²) in [5.74, 6) is 1.65. The molecule has 134 valence electrons. The van der Waals surface area contributed by atoms with Crippen LogP contribution in [0.25, 0.3) is 10.8 Å². The Bertz CT molecular complexity index is 881. The second kappa shape index (κ2) is 7.29. The van der Waals surface area contributed by atoms with Gasteiger partial charge >= 0.3 is 0 Å². The lowest BCUT2D eigenvalue weighted by Gasteiger charge is -2.27. The van der Waals surface area contributed by atoms with E-state index in [4.69, 9.17) is 4.42 Å². The average molecular weight is 368 g/mol. The van der Waals surface area contributed by atoms with Crippen molar-refractivity contribution in [2.75, 3.05) is 23.3 Å². The van der Waals surface area contributed by atoms with E-state index in [1.807, 2.05) is 29.6 Å². The Labute approximate surface area is 155 Å². The molecule has 1 amide bonds. The van der Waals surface area contributed by atoms with Crippen molar-refractivity contribution in [1.29, 1.82) is 0 Å². The number of hydrogen-bond acceptors (Lipinski definition) is 6. The summed E-state index contributed by atoms with van der Waals surface area (Å²) in [4.78, 5) is 24.5. The Hall–Kier alpha value is -2.67. The van der Waals surface area contributed by atoms with Crippen LogP contribution in [0.15, 0.2) is 40.3 Å². The van der Waals surface area contributed by atoms with Crippen molar-refractivity contribution < 1.29 is 9.21 Å². The van der Waals surface area contributed by atoms with Crippen LogP contribution in [0, 0.1) is 6.92 Å². The van der Waals surface area contributed by atoms with Crippen LogP contribution in [0.1, 0.15) is 35.5 Å². The molecule has 0 atom stereocenters. The number of piperidine rings is 1. The molecule has 1 saturated heterocycles. The van der Waals surface area contributed by atoms with Crippen LogP contribution in [-0.4, -0.2) is 29.0 Å². The Kier molecular flexibility index (Phi) is 4.71. The molecule has 0 unspecified atom stereocenters. The molecule has 7 heteroatoms. The van der Waals surface area contributed by atoms with Gasteiger partial charge in [-0.3, -0.25) is 4.79 Å². The molecule has 0 aliphatic carbocycles. The summed E-state index contributed by atoms with van der Waals surface area (Å²) in [6.07, 6.45) is 5.39. The highest BCUT2D eigenvalue weighted by molar-refractivity contribution is 7.13. The van der Waals surface area contributed by atoms with Crippen LogP contribution in [0.3, 0.4) is 0 Å². The Balaban J connectivity index is 1.46.